The molecule has 2 aromatic rings. The van der Waals surface area contributed by atoms with Crippen LogP contribution in [-0.2, 0) is 11.8 Å². The van der Waals surface area contributed by atoms with E-state index < -0.39 is 5.97 Å². The highest BCUT2D eigenvalue weighted by molar-refractivity contribution is 7.13. The number of hydrogen-bond acceptors (Lipinski definition) is 5. The Morgan fingerprint density at radius 3 is 2.69 bits per heavy atom. The zero-order chi connectivity index (χ0) is 22.6. The first-order valence-corrected chi connectivity index (χ1v) is 13.7. The molecule has 0 aliphatic heterocycles. The highest BCUT2D eigenvalue weighted by atomic mass is 32.1. The van der Waals surface area contributed by atoms with E-state index in [9.17, 15) is 15.2 Å². The highest BCUT2D eigenvalue weighted by Gasteiger charge is 2.45. The lowest BCUT2D eigenvalue weighted by Crippen LogP contribution is -2.45. The first kappa shape index (κ1) is 23.5. The molecule has 32 heavy (non-hydrogen) atoms. The van der Waals surface area contributed by atoms with Crippen molar-refractivity contribution >= 4 is 28.6 Å². The lowest BCUT2D eigenvalue weighted by Gasteiger charge is -2.45. The molecule has 0 spiro atoms. The molecule has 0 aromatic carbocycles. The molecule has 4 rings (SSSR count). The van der Waals surface area contributed by atoms with Gasteiger partial charge in [0, 0.05) is 21.1 Å². The molecule has 2 heterocycles. The number of aliphatic hydroxyl groups is 1. The standard InChI is InChI=1S/C26H33NO3S2/c27-17-19-11-10-18(5-1-6-20-12-13-22(32-20)25(29)30)21(19)7-2-8-23(28)26(14-4-15-26)24-9-3-16-31-24/h3,9,12-13,16,18-19,21,23,28H,1-2,4-8,10-11,14-15H2,(H,29,30)/t18-,19-,21?,23?/m0/s1. The minimum absolute atomic E-state index is 0.0204. The van der Waals surface area contributed by atoms with Crippen molar-refractivity contribution in [1.82, 2.24) is 0 Å². The molecule has 2 fully saturated rings. The van der Waals surface area contributed by atoms with Crippen molar-refractivity contribution in [2.45, 2.75) is 82.1 Å². The van der Waals surface area contributed by atoms with Crippen LogP contribution in [0.15, 0.2) is 29.6 Å². The number of nitriles is 1. The second-order valence-electron chi connectivity index (χ2n) is 9.63. The average molecular weight is 472 g/mol. The van der Waals surface area contributed by atoms with E-state index in [0.717, 1.165) is 69.1 Å². The number of nitrogens with zero attached hydrogens (tertiary/aromatic N) is 1. The van der Waals surface area contributed by atoms with Gasteiger partial charge in [0.1, 0.15) is 4.88 Å². The summed E-state index contributed by atoms with van der Waals surface area (Å²) in [6, 6.07) is 10.5. The quantitative estimate of drug-likeness (QED) is 0.384. The fraction of sp³-hybridized carbons (Fsp3) is 0.615. The molecule has 0 bridgehead atoms. The van der Waals surface area contributed by atoms with E-state index in [1.54, 1.807) is 17.4 Å². The van der Waals surface area contributed by atoms with Crippen molar-refractivity contribution in [3.63, 3.8) is 0 Å². The zero-order valence-electron chi connectivity index (χ0n) is 18.5. The maximum Gasteiger partial charge on any atom is 0.345 e. The lowest BCUT2D eigenvalue weighted by molar-refractivity contribution is 0.0215. The van der Waals surface area contributed by atoms with Gasteiger partial charge in [0.25, 0.3) is 0 Å². The fourth-order valence-electron chi connectivity index (χ4n) is 5.96. The Morgan fingerprint density at radius 2 is 2.06 bits per heavy atom. The van der Waals surface area contributed by atoms with E-state index in [0.29, 0.717) is 16.7 Å². The first-order valence-electron chi connectivity index (χ1n) is 12.0. The van der Waals surface area contributed by atoms with E-state index in [-0.39, 0.29) is 17.4 Å². The van der Waals surface area contributed by atoms with Crippen LogP contribution in [0.5, 0.6) is 0 Å². The molecule has 4 nitrogen and oxygen atoms in total. The summed E-state index contributed by atoms with van der Waals surface area (Å²) >= 11 is 3.15. The van der Waals surface area contributed by atoms with Gasteiger partial charge in [-0.25, -0.2) is 4.79 Å². The van der Waals surface area contributed by atoms with E-state index >= 15 is 0 Å². The molecule has 0 radical (unpaired) electrons. The van der Waals surface area contributed by atoms with Crippen LogP contribution in [0.4, 0.5) is 0 Å². The van der Waals surface area contributed by atoms with Crippen molar-refractivity contribution in [1.29, 1.82) is 5.26 Å². The highest BCUT2D eigenvalue weighted by Crippen LogP contribution is 2.50. The third kappa shape index (κ3) is 4.95. The van der Waals surface area contributed by atoms with Gasteiger partial charge in [-0.05, 0) is 93.2 Å². The second kappa shape index (κ2) is 10.5. The first-order chi connectivity index (χ1) is 15.5. The third-order valence-corrected chi connectivity index (χ3v) is 10.1. The van der Waals surface area contributed by atoms with Crippen LogP contribution in [0.3, 0.4) is 0 Å². The van der Waals surface area contributed by atoms with Gasteiger partial charge in [-0.3, -0.25) is 0 Å². The Morgan fingerprint density at radius 1 is 1.22 bits per heavy atom. The van der Waals surface area contributed by atoms with E-state index in [2.05, 4.69) is 23.6 Å². The number of aryl methyl sites for hydroxylation is 1. The molecule has 2 unspecified atom stereocenters. The number of aliphatic hydroxyl groups excluding tert-OH is 1. The number of thiophene rings is 2. The number of carbonyl (C=O) groups is 1. The Balaban J connectivity index is 1.27. The molecule has 0 saturated heterocycles. The number of aromatic carboxylic acids is 1. The van der Waals surface area contributed by atoms with Crippen molar-refractivity contribution in [3.05, 3.63) is 44.3 Å². The minimum Gasteiger partial charge on any atom is -0.477 e. The monoisotopic (exact) mass is 471 g/mol. The molecule has 0 amide bonds. The van der Waals surface area contributed by atoms with E-state index in [1.165, 1.54) is 22.6 Å². The molecule has 2 aromatic heterocycles. The van der Waals surface area contributed by atoms with E-state index in [4.69, 9.17) is 5.11 Å². The molecule has 2 N–H and O–H groups in total. The molecular weight excluding hydrogens is 438 g/mol. The Hall–Kier alpha value is -1.68. The lowest BCUT2D eigenvalue weighted by atomic mass is 9.63. The van der Waals surface area contributed by atoms with Crippen LogP contribution in [0.1, 0.15) is 83.6 Å². The molecule has 2 saturated carbocycles. The number of carboxylic acid groups (broad SMARTS) is 1. The Labute approximate surface area is 198 Å². The third-order valence-electron chi connectivity index (χ3n) is 7.92. The van der Waals surface area contributed by atoms with Crippen LogP contribution in [0.25, 0.3) is 0 Å². The normalized spacial score (nSPS) is 25.2. The summed E-state index contributed by atoms with van der Waals surface area (Å²) in [5, 5.41) is 31.9. The number of hydrogen-bond donors (Lipinski definition) is 2. The average Bonchev–Trinajstić information content (AvgIpc) is 3.49. The topological polar surface area (TPSA) is 81.3 Å². The predicted octanol–water partition coefficient (Wildman–Crippen LogP) is 6.65. The maximum atomic E-state index is 11.1. The van der Waals surface area contributed by atoms with Crippen LogP contribution in [0.2, 0.25) is 0 Å². The van der Waals surface area contributed by atoms with Gasteiger partial charge < -0.3 is 10.2 Å². The Bertz CT molecular complexity index is 925. The predicted molar refractivity (Wildman–Crippen MR) is 129 cm³/mol. The molecule has 2 aliphatic carbocycles. The zero-order valence-corrected chi connectivity index (χ0v) is 20.2. The van der Waals surface area contributed by atoms with Gasteiger partial charge in [0.05, 0.1) is 12.2 Å². The molecule has 172 valence electrons. The number of rotatable bonds is 11. The summed E-state index contributed by atoms with van der Waals surface area (Å²) in [6.07, 6.45) is 11.1. The van der Waals surface area contributed by atoms with Crippen molar-refractivity contribution in [2.75, 3.05) is 0 Å². The van der Waals surface area contributed by atoms with Crippen molar-refractivity contribution < 1.29 is 15.0 Å². The van der Waals surface area contributed by atoms with Crippen molar-refractivity contribution in [3.8, 4) is 6.07 Å². The summed E-state index contributed by atoms with van der Waals surface area (Å²) < 4.78 is 0. The maximum absolute atomic E-state index is 11.1. The fourth-order valence-corrected chi connectivity index (χ4v) is 7.88. The summed E-state index contributed by atoms with van der Waals surface area (Å²) in [5.41, 5.74) is -0.0204. The van der Waals surface area contributed by atoms with Crippen LogP contribution in [0, 0.1) is 29.1 Å². The molecule has 2 aliphatic rings. The smallest absolute Gasteiger partial charge is 0.345 e. The van der Waals surface area contributed by atoms with Crippen LogP contribution in [-0.4, -0.2) is 22.3 Å². The van der Waals surface area contributed by atoms with Gasteiger partial charge in [0.15, 0.2) is 0 Å². The summed E-state index contributed by atoms with van der Waals surface area (Å²) in [4.78, 5) is 14.0. The van der Waals surface area contributed by atoms with Gasteiger partial charge in [-0.2, -0.15) is 5.26 Å². The molecular formula is C26H33NO3S2. The van der Waals surface area contributed by atoms with Gasteiger partial charge >= 0.3 is 5.97 Å². The van der Waals surface area contributed by atoms with Gasteiger partial charge in [0.2, 0.25) is 0 Å². The molecule has 6 heteroatoms. The van der Waals surface area contributed by atoms with Crippen molar-refractivity contribution in [2.24, 2.45) is 17.8 Å². The SMILES string of the molecule is N#C[C@@H]1CC[C@H](CCCc2ccc(C(=O)O)s2)C1CCCC(O)C1(c2cccs2)CCC1. The summed E-state index contributed by atoms with van der Waals surface area (Å²) in [5.74, 6) is 0.307. The summed E-state index contributed by atoms with van der Waals surface area (Å²) in [7, 11) is 0. The summed E-state index contributed by atoms with van der Waals surface area (Å²) in [6.45, 7) is 0. The minimum atomic E-state index is -0.848. The largest absolute Gasteiger partial charge is 0.477 e. The Kier molecular flexibility index (Phi) is 7.70. The second-order valence-corrected chi connectivity index (χ2v) is 11.7. The van der Waals surface area contributed by atoms with Crippen LogP contribution >= 0.6 is 22.7 Å². The molecule has 4 atom stereocenters. The van der Waals surface area contributed by atoms with E-state index in [1.807, 2.05) is 6.07 Å². The van der Waals surface area contributed by atoms with Gasteiger partial charge in [-0.1, -0.05) is 18.9 Å². The van der Waals surface area contributed by atoms with Crippen LogP contribution < -0.4 is 0 Å². The number of carboxylic acids is 1. The van der Waals surface area contributed by atoms with Gasteiger partial charge in [-0.15, -0.1) is 22.7 Å².